The van der Waals surface area contributed by atoms with Crippen molar-refractivity contribution in [3.05, 3.63) is 0 Å². The van der Waals surface area contributed by atoms with Gasteiger partial charge in [-0.3, -0.25) is 0 Å². The van der Waals surface area contributed by atoms with Crippen LogP contribution >= 0.6 is 0 Å². The normalized spacial score (nSPS) is 29.2. The zero-order valence-electron chi connectivity index (χ0n) is 12.5. The fourth-order valence-corrected chi connectivity index (χ4v) is 2.65. The van der Waals surface area contributed by atoms with Gasteiger partial charge in [-0.05, 0) is 59.4 Å². The third kappa shape index (κ3) is 5.25. The van der Waals surface area contributed by atoms with Crippen LogP contribution < -0.4 is 5.32 Å². The van der Waals surface area contributed by atoms with Gasteiger partial charge in [0.25, 0.3) is 0 Å². The second-order valence-electron chi connectivity index (χ2n) is 7.25. The SMILES string of the molecule is CN(CC1CC1)CC1CCC(CNC(C)(C)C)O1. The number of likely N-dealkylation sites (N-methyl/N-ethyl adjacent to an activating group) is 1. The van der Waals surface area contributed by atoms with E-state index in [1.54, 1.807) is 0 Å². The summed E-state index contributed by atoms with van der Waals surface area (Å²) in [5, 5.41) is 3.54. The first-order valence-electron chi connectivity index (χ1n) is 7.51. The highest BCUT2D eigenvalue weighted by Gasteiger charge is 2.29. The van der Waals surface area contributed by atoms with Gasteiger partial charge in [0.1, 0.15) is 0 Å². The van der Waals surface area contributed by atoms with E-state index < -0.39 is 0 Å². The lowest BCUT2D eigenvalue weighted by atomic mass is 10.1. The van der Waals surface area contributed by atoms with Crippen LogP contribution in [0, 0.1) is 5.92 Å². The van der Waals surface area contributed by atoms with E-state index in [-0.39, 0.29) is 5.54 Å². The van der Waals surface area contributed by atoms with Crippen molar-refractivity contribution in [3.8, 4) is 0 Å². The van der Waals surface area contributed by atoms with Crippen LogP contribution in [0.5, 0.6) is 0 Å². The van der Waals surface area contributed by atoms with Gasteiger partial charge in [0, 0.05) is 25.2 Å². The predicted molar refractivity (Wildman–Crippen MR) is 75.9 cm³/mol. The summed E-state index contributed by atoms with van der Waals surface area (Å²) in [4.78, 5) is 2.46. The molecule has 106 valence electrons. The Balaban J connectivity index is 1.61. The Labute approximate surface area is 112 Å². The van der Waals surface area contributed by atoms with Crippen LogP contribution in [0.15, 0.2) is 0 Å². The smallest absolute Gasteiger partial charge is 0.0707 e. The predicted octanol–water partition coefficient (Wildman–Crippen LogP) is 2.26. The van der Waals surface area contributed by atoms with Gasteiger partial charge in [-0.1, -0.05) is 0 Å². The van der Waals surface area contributed by atoms with Crippen molar-refractivity contribution in [1.29, 1.82) is 0 Å². The summed E-state index contributed by atoms with van der Waals surface area (Å²) >= 11 is 0. The lowest BCUT2D eigenvalue weighted by Crippen LogP contribution is -2.41. The van der Waals surface area contributed by atoms with Crippen molar-refractivity contribution in [2.45, 2.75) is 64.2 Å². The Morgan fingerprint density at radius 1 is 1.06 bits per heavy atom. The van der Waals surface area contributed by atoms with E-state index in [0.717, 1.165) is 19.0 Å². The molecule has 3 nitrogen and oxygen atoms in total. The van der Waals surface area contributed by atoms with Crippen LogP contribution in [0.1, 0.15) is 46.5 Å². The summed E-state index contributed by atoms with van der Waals surface area (Å²) in [6.07, 6.45) is 6.20. The second-order valence-corrected chi connectivity index (χ2v) is 7.25. The van der Waals surface area contributed by atoms with Gasteiger partial charge >= 0.3 is 0 Å². The number of hydrogen-bond donors (Lipinski definition) is 1. The van der Waals surface area contributed by atoms with Gasteiger partial charge in [0.05, 0.1) is 12.2 Å². The molecule has 2 atom stereocenters. The molecule has 18 heavy (non-hydrogen) atoms. The fraction of sp³-hybridized carbons (Fsp3) is 1.00. The molecular weight excluding hydrogens is 224 g/mol. The third-order valence-electron chi connectivity index (χ3n) is 3.84. The Morgan fingerprint density at radius 3 is 2.33 bits per heavy atom. The molecule has 2 rings (SSSR count). The summed E-state index contributed by atoms with van der Waals surface area (Å²) in [7, 11) is 2.24. The number of nitrogens with zero attached hydrogens (tertiary/aromatic N) is 1. The zero-order chi connectivity index (χ0) is 13.2. The van der Waals surface area contributed by atoms with Crippen molar-refractivity contribution in [3.63, 3.8) is 0 Å². The molecule has 0 spiro atoms. The molecule has 0 amide bonds. The van der Waals surface area contributed by atoms with Crippen LogP contribution in [0.2, 0.25) is 0 Å². The second kappa shape index (κ2) is 5.89. The molecule has 0 bridgehead atoms. The lowest BCUT2D eigenvalue weighted by Gasteiger charge is -2.24. The topological polar surface area (TPSA) is 24.5 Å². The number of ether oxygens (including phenoxy) is 1. The fourth-order valence-electron chi connectivity index (χ4n) is 2.65. The minimum atomic E-state index is 0.199. The Bertz CT molecular complexity index is 258. The molecule has 0 aromatic carbocycles. The first-order valence-corrected chi connectivity index (χ1v) is 7.51. The molecular formula is C15H30N2O. The first-order chi connectivity index (χ1) is 8.42. The third-order valence-corrected chi connectivity index (χ3v) is 3.84. The van der Waals surface area contributed by atoms with E-state index in [0.29, 0.717) is 12.2 Å². The summed E-state index contributed by atoms with van der Waals surface area (Å²) in [5.41, 5.74) is 0.199. The zero-order valence-corrected chi connectivity index (χ0v) is 12.5. The highest BCUT2D eigenvalue weighted by Crippen LogP contribution is 2.30. The molecule has 1 aliphatic carbocycles. The first kappa shape index (κ1) is 14.3. The maximum absolute atomic E-state index is 6.13. The molecule has 0 radical (unpaired) electrons. The quantitative estimate of drug-likeness (QED) is 0.787. The molecule has 3 heteroatoms. The van der Waals surface area contributed by atoms with Crippen LogP contribution in [0.3, 0.4) is 0 Å². The number of rotatable bonds is 6. The number of nitrogens with one attached hydrogen (secondary N) is 1. The lowest BCUT2D eigenvalue weighted by molar-refractivity contribution is 0.0246. The minimum absolute atomic E-state index is 0.199. The van der Waals surface area contributed by atoms with Crippen LogP contribution in [0.4, 0.5) is 0 Å². The maximum Gasteiger partial charge on any atom is 0.0707 e. The molecule has 2 aliphatic rings. The summed E-state index contributed by atoms with van der Waals surface area (Å²) in [5.74, 6) is 0.981. The molecule has 0 aromatic heterocycles. The van der Waals surface area contributed by atoms with Crippen LogP contribution in [-0.2, 0) is 4.74 Å². The van der Waals surface area contributed by atoms with Crippen LogP contribution in [-0.4, -0.2) is 49.3 Å². The van der Waals surface area contributed by atoms with Gasteiger partial charge in [-0.2, -0.15) is 0 Å². The van der Waals surface area contributed by atoms with Gasteiger partial charge in [-0.25, -0.2) is 0 Å². The average molecular weight is 254 g/mol. The largest absolute Gasteiger partial charge is 0.372 e. The molecule has 1 saturated heterocycles. The van der Waals surface area contributed by atoms with Crippen molar-refractivity contribution >= 4 is 0 Å². The molecule has 1 heterocycles. The van der Waals surface area contributed by atoms with E-state index in [1.165, 1.54) is 32.2 Å². The van der Waals surface area contributed by atoms with Crippen molar-refractivity contribution in [2.75, 3.05) is 26.7 Å². The molecule has 1 N–H and O–H groups in total. The summed E-state index contributed by atoms with van der Waals surface area (Å²) in [6, 6.07) is 0. The highest BCUT2D eigenvalue weighted by atomic mass is 16.5. The maximum atomic E-state index is 6.13. The van der Waals surface area contributed by atoms with Gasteiger partial charge < -0.3 is 15.0 Å². The van der Waals surface area contributed by atoms with Crippen molar-refractivity contribution in [1.82, 2.24) is 10.2 Å². The van der Waals surface area contributed by atoms with E-state index in [2.05, 4.69) is 38.0 Å². The van der Waals surface area contributed by atoms with Gasteiger partial charge in [0.2, 0.25) is 0 Å². The average Bonchev–Trinajstić information content (AvgIpc) is 2.93. The van der Waals surface area contributed by atoms with E-state index in [9.17, 15) is 0 Å². The number of hydrogen-bond acceptors (Lipinski definition) is 3. The molecule has 2 unspecified atom stereocenters. The monoisotopic (exact) mass is 254 g/mol. The summed E-state index contributed by atoms with van der Waals surface area (Å²) in [6.45, 7) is 10.0. The molecule has 1 saturated carbocycles. The van der Waals surface area contributed by atoms with Gasteiger partial charge in [0.15, 0.2) is 0 Å². The van der Waals surface area contributed by atoms with E-state index in [4.69, 9.17) is 4.74 Å². The van der Waals surface area contributed by atoms with E-state index in [1.807, 2.05) is 0 Å². The molecule has 0 aromatic rings. The standard InChI is InChI=1S/C15H30N2O/c1-15(2,3)16-9-13-7-8-14(18-13)11-17(4)10-12-5-6-12/h12-14,16H,5-11H2,1-4H3. The van der Waals surface area contributed by atoms with Crippen molar-refractivity contribution < 1.29 is 4.74 Å². The van der Waals surface area contributed by atoms with Crippen molar-refractivity contribution in [2.24, 2.45) is 5.92 Å². The Hall–Kier alpha value is -0.120. The summed E-state index contributed by atoms with van der Waals surface area (Å²) < 4.78 is 6.13. The minimum Gasteiger partial charge on any atom is -0.372 e. The van der Waals surface area contributed by atoms with Gasteiger partial charge in [-0.15, -0.1) is 0 Å². The Morgan fingerprint density at radius 2 is 1.72 bits per heavy atom. The molecule has 2 fully saturated rings. The van der Waals surface area contributed by atoms with Crippen LogP contribution in [0.25, 0.3) is 0 Å². The Kier molecular flexibility index (Phi) is 4.68. The van der Waals surface area contributed by atoms with E-state index >= 15 is 0 Å². The highest BCUT2D eigenvalue weighted by molar-refractivity contribution is 4.82. The molecule has 1 aliphatic heterocycles.